The molecule has 10 heavy (non-hydrogen) atoms. The first-order valence-corrected chi connectivity index (χ1v) is 3.69. The minimum Gasteiger partial charge on any atom is -0.392 e. The van der Waals surface area contributed by atoms with Crippen LogP contribution in [-0.2, 0) is 0 Å². The quantitative estimate of drug-likeness (QED) is 0.607. The molecule has 0 heterocycles. The Morgan fingerprint density at radius 1 is 1.40 bits per heavy atom. The molecule has 0 aromatic rings. The average molecular weight is 168 g/mol. The van der Waals surface area contributed by atoms with E-state index in [-0.39, 0.29) is 18.5 Å². The van der Waals surface area contributed by atoms with Gasteiger partial charge in [0, 0.05) is 6.54 Å². The van der Waals surface area contributed by atoms with Crippen LogP contribution in [0.2, 0.25) is 0 Å². The number of aliphatic hydroxyl groups is 1. The van der Waals surface area contributed by atoms with E-state index >= 15 is 0 Å². The molecule has 0 aromatic heterocycles. The van der Waals surface area contributed by atoms with Gasteiger partial charge in [-0.05, 0) is 6.42 Å². The van der Waals surface area contributed by atoms with Gasteiger partial charge < -0.3 is 10.8 Å². The molecule has 0 saturated heterocycles. The lowest BCUT2D eigenvalue weighted by Crippen LogP contribution is -2.19. The number of rotatable bonds is 5. The Morgan fingerprint density at radius 3 is 2.40 bits per heavy atom. The summed E-state index contributed by atoms with van der Waals surface area (Å²) in [4.78, 5) is 0. The largest absolute Gasteiger partial charge is 0.392 e. The minimum absolute atomic E-state index is 0. The number of aliphatic hydroxyl groups excluding tert-OH is 1. The number of nitrogens with two attached hydrogens (primary N) is 1. The zero-order valence-corrected chi connectivity index (χ0v) is 7.36. The monoisotopic (exact) mass is 167 g/mol. The van der Waals surface area contributed by atoms with E-state index in [1.165, 1.54) is 12.8 Å². The van der Waals surface area contributed by atoms with E-state index < -0.39 is 0 Å². The number of unbranched alkanes of at least 4 members (excludes halogenated alkanes) is 2. The third-order valence-corrected chi connectivity index (χ3v) is 1.41. The molecule has 0 spiro atoms. The van der Waals surface area contributed by atoms with Crippen LogP contribution in [-0.4, -0.2) is 17.8 Å². The fourth-order valence-corrected chi connectivity index (χ4v) is 0.748. The predicted molar refractivity (Wildman–Crippen MR) is 46.5 cm³/mol. The maximum absolute atomic E-state index is 8.96. The number of hydrogen-bond acceptors (Lipinski definition) is 2. The summed E-state index contributed by atoms with van der Waals surface area (Å²) >= 11 is 0. The van der Waals surface area contributed by atoms with Crippen molar-refractivity contribution >= 4 is 12.4 Å². The fourth-order valence-electron chi connectivity index (χ4n) is 0.748. The van der Waals surface area contributed by atoms with Crippen LogP contribution in [0.25, 0.3) is 0 Å². The van der Waals surface area contributed by atoms with Crippen molar-refractivity contribution in [1.82, 2.24) is 0 Å². The van der Waals surface area contributed by atoms with Crippen LogP contribution in [0.3, 0.4) is 0 Å². The second-order valence-electron chi connectivity index (χ2n) is 2.39. The Labute approximate surface area is 69.2 Å². The van der Waals surface area contributed by atoms with Gasteiger partial charge in [0.15, 0.2) is 0 Å². The van der Waals surface area contributed by atoms with Crippen molar-refractivity contribution < 1.29 is 5.11 Å². The fraction of sp³-hybridized carbons (Fsp3) is 1.00. The van der Waals surface area contributed by atoms with Crippen LogP contribution in [0.5, 0.6) is 0 Å². The summed E-state index contributed by atoms with van der Waals surface area (Å²) in [7, 11) is 0. The molecular weight excluding hydrogens is 150 g/mol. The Balaban J connectivity index is 0. The van der Waals surface area contributed by atoms with E-state index in [0.717, 1.165) is 12.8 Å². The minimum atomic E-state index is -0.267. The summed E-state index contributed by atoms with van der Waals surface area (Å²) in [6, 6.07) is 0. The van der Waals surface area contributed by atoms with Crippen molar-refractivity contribution in [3.63, 3.8) is 0 Å². The standard InChI is InChI=1S/C7H17NO.ClH/c1-2-3-4-5-7(9)6-8;/h7,9H,2-6,8H2,1H3;1H. The maximum atomic E-state index is 8.96. The molecule has 64 valence electrons. The van der Waals surface area contributed by atoms with Crippen LogP contribution in [0.4, 0.5) is 0 Å². The molecule has 2 nitrogen and oxygen atoms in total. The molecule has 0 aliphatic rings. The van der Waals surface area contributed by atoms with E-state index in [2.05, 4.69) is 6.92 Å². The lowest BCUT2D eigenvalue weighted by molar-refractivity contribution is 0.169. The third kappa shape index (κ3) is 8.21. The van der Waals surface area contributed by atoms with Gasteiger partial charge in [-0.3, -0.25) is 0 Å². The first-order chi connectivity index (χ1) is 4.31. The average Bonchev–Trinajstić information content (AvgIpc) is 1.89. The molecular formula is C7H18ClNO. The van der Waals surface area contributed by atoms with Crippen LogP contribution >= 0.6 is 12.4 Å². The molecule has 1 unspecified atom stereocenters. The van der Waals surface area contributed by atoms with Gasteiger partial charge in [0.2, 0.25) is 0 Å². The summed E-state index contributed by atoms with van der Waals surface area (Å²) in [5, 5.41) is 8.96. The van der Waals surface area contributed by atoms with E-state index in [9.17, 15) is 0 Å². The molecule has 0 amide bonds. The summed E-state index contributed by atoms with van der Waals surface area (Å²) < 4.78 is 0. The molecule has 1 atom stereocenters. The molecule has 3 N–H and O–H groups in total. The van der Waals surface area contributed by atoms with Crippen molar-refractivity contribution in [1.29, 1.82) is 0 Å². The second kappa shape index (κ2) is 9.21. The first-order valence-electron chi connectivity index (χ1n) is 3.69. The van der Waals surface area contributed by atoms with Gasteiger partial charge in [-0.2, -0.15) is 0 Å². The van der Waals surface area contributed by atoms with Crippen molar-refractivity contribution in [2.75, 3.05) is 6.54 Å². The molecule has 3 heteroatoms. The SMILES string of the molecule is CCCCCC(O)CN.Cl. The lowest BCUT2D eigenvalue weighted by Gasteiger charge is -2.04. The van der Waals surface area contributed by atoms with E-state index in [1.807, 2.05) is 0 Å². The summed E-state index contributed by atoms with van der Waals surface area (Å²) in [5.74, 6) is 0. The molecule has 0 aliphatic carbocycles. The smallest absolute Gasteiger partial charge is 0.0662 e. The first kappa shape index (κ1) is 12.8. The maximum Gasteiger partial charge on any atom is 0.0662 e. The Kier molecular flexibility index (Phi) is 11.8. The Morgan fingerprint density at radius 2 is 2.00 bits per heavy atom. The van der Waals surface area contributed by atoms with Crippen LogP contribution in [0, 0.1) is 0 Å². The van der Waals surface area contributed by atoms with Gasteiger partial charge in [0.25, 0.3) is 0 Å². The number of hydrogen-bond donors (Lipinski definition) is 2. The van der Waals surface area contributed by atoms with Gasteiger partial charge in [0.1, 0.15) is 0 Å². The highest BCUT2D eigenvalue weighted by Crippen LogP contribution is 2.01. The summed E-state index contributed by atoms with van der Waals surface area (Å²) in [6.07, 6.45) is 4.12. The molecule has 0 aromatic carbocycles. The Bertz CT molecular complexity index is 61.6. The van der Waals surface area contributed by atoms with Crippen molar-refractivity contribution in [3.05, 3.63) is 0 Å². The second-order valence-corrected chi connectivity index (χ2v) is 2.39. The highest BCUT2D eigenvalue weighted by molar-refractivity contribution is 5.85. The predicted octanol–water partition coefficient (Wildman–Crippen LogP) is 1.31. The van der Waals surface area contributed by atoms with Crippen molar-refractivity contribution in [2.24, 2.45) is 5.73 Å². The third-order valence-electron chi connectivity index (χ3n) is 1.41. The topological polar surface area (TPSA) is 46.2 Å². The van der Waals surface area contributed by atoms with Gasteiger partial charge in [-0.25, -0.2) is 0 Å². The lowest BCUT2D eigenvalue weighted by atomic mass is 10.1. The van der Waals surface area contributed by atoms with E-state index in [1.54, 1.807) is 0 Å². The van der Waals surface area contributed by atoms with Crippen LogP contribution < -0.4 is 5.73 Å². The molecule has 0 rings (SSSR count). The molecule has 0 bridgehead atoms. The van der Waals surface area contributed by atoms with Crippen LogP contribution in [0.1, 0.15) is 32.6 Å². The number of halogens is 1. The zero-order chi connectivity index (χ0) is 7.11. The van der Waals surface area contributed by atoms with E-state index in [0.29, 0.717) is 6.54 Å². The van der Waals surface area contributed by atoms with Gasteiger partial charge in [0.05, 0.1) is 6.10 Å². The van der Waals surface area contributed by atoms with Gasteiger partial charge in [-0.1, -0.05) is 26.2 Å². The summed E-state index contributed by atoms with van der Waals surface area (Å²) in [6.45, 7) is 2.55. The van der Waals surface area contributed by atoms with Crippen molar-refractivity contribution in [3.8, 4) is 0 Å². The van der Waals surface area contributed by atoms with E-state index in [4.69, 9.17) is 10.8 Å². The van der Waals surface area contributed by atoms with Gasteiger partial charge in [-0.15, -0.1) is 12.4 Å². The molecule has 0 radical (unpaired) electrons. The summed E-state index contributed by atoms with van der Waals surface area (Å²) in [5.41, 5.74) is 5.20. The Hall–Kier alpha value is 0.210. The highest BCUT2D eigenvalue weighted by atomic mass is 35.5. The molecule has 0 saturated carbocycles. The zero-order valence-electron chi connectivity index (χ0n) is 6.55. The van der Waals surface area contributed by atoms with Crippen molar-refractivity contribution in [2.45, 2.75) is 38.7 Å². The highest BCUT2D eigenvalue weighted by Gasteiger charge is 1.97. The molecule has 0 aliphatic heterocycles. The molecule has 0 fully saturated rings. The normalized spacial score (nSPS) is 12.3. The van der Waals surface area contributed by atoms with Gasteiger partial charge >= 0.3 is 0 Å². The van der Waals surface area contributed by atoms with Crippen LogP contribution in [0.15, 0.2) is 0 Å².